The van der Waals surface area contributed by atoms with Crippen molar-refractivity contribution >= 4 is 17.6 Å². The fourth-order valence-electron chi connectivity index (χ4n) is 1.65. The Morgan fingerprint density at radius 2 is 2.10 bits per heavy atom. The first-order valence-electron chi connectivity index (χ1n) is 6.24. The quantitative estimate of drug-likeness (QED) is 0.768. The summed E-state index contributed by atoms with van der Waals surface area (Å²) in [6.07, 6.45) is 2.98. The van der Waals surface area contributed by atoms with Crippen LogP contribution in [0.3, 0.4) is 0 Å². The first-order chi connectivity index (χ1) is 10.0. The van der Waals surface area contributed by atoms with E-state index in [0.717, 1.165) is 5.56 Å². The molecule has 2 amide bonds. The van der Waals surface area contributed by atoms with Gasteiger partial charge in [-0.3, -0.25) is 14.4 Å². The molecule has 0 spiro atoms. The minimum atomic E-state index is -0.341. The number of hydrogen-bond donors (Lipinski definition) is 3. The van der Waals surface area contributed by atoms with Crippen molar-refractivity contribution in [2.75, 3.05) is 5.32 Å². The fraction of sp³-hybridized carbons (Fsp3) is 0.143. The van der Waals surface area contributed by atoms with Crippen LogP contribution in [0.5, 0.6) is 0 Å². The summed E-state index contributed by atoms with van der Waals surface area (Å²) in [5, 5.41) is 5.24. The molecule has 0 bridgehead atoms. The number of nitrogens with zero attached hydrogens (tertiary/aromatic N) is 1. The Morgan fingerprint density at radius 3 is 2.71 bits per heavy atom. The van der Waals surface area contributed by atoms with E-state index in [-0.39, 0.29) is 23.9 Å². The van der Waals surface area contributed by atoms with Crippen molar-refractivity contribution in [3.63, 3.8) is 0 Å². The van der Waals surface area contributed by atoms with E-state index in [1.807, 2.05) is 0 Å². The molecule has 21 heavy (non-hydrogen) atoms. The molecule has 7 nitrogen and oxygen atoms in total. The summed E-state index contributed by atoms with van der Waals surface area (Å²) in [7, 11) is 0. The third-order valence-corrected chi connectivity index (χ3v) is 2.62. The van der Waals surface area contributed by atoms with Crippen LogP contribution in [0.25, 0.3) is 0 Å². The molecule has 2 aromatic rings. The number of aromatic nitrogens is 2. The maximum Gasteiger partial charge on any atom is 0.251 e. The van der Waals surface area contributed by atoms with E-state index in [1.165, 1.54) is 25.3 Å². The van der Waals surface area contributed by atoms with Gasteiger partial charge in [0.15, 0.2) is 0 Å². The summed E-state index contributed by atoms with van der Waals surface area (Å²) in [6, 6.07) is 6.15. The third-order valence-electron chi connectivity index (χ3n) is 2.62. The van der Waals surface area contributed by atoms with Crippen LogP contribution in [0.4, 0.5) is 5.82 Å². The molecule has 2 aromatic heterocycles. The monoisotopic (exact) mass is 286 g/mol. The molecular weight excluding hydrogens is 272 g/mol. The molecule has 0 aliphatic heterocycles. The molecule has 0 saturated carbocycles. The van der Waals surface area contributed by atoms with Gasteiger partial charge in [0, 0.05) is 37.5 Å². The molecule has 0 saturated heterocycles. The second-order valence-corrected chi connectivity index (χ2v) is 4.36. The second-order valence-electron chi connectivity index (χ2n) is 4.36. The highest BCUT2D eigenvalue weighted by Gasteiger charge is 2.05. The summed E-state index contributed by atoms with van der Waals surface area (Å²) in [5.41, 5.74) is 0.743. The van der Waals surface area contributed by atoms with Crippen molar-refractivity contribution in [1.82, 2.24) is 15.3 Å². The maximum absolute atomic E-state index is 11.8. The number of rotatable bonds is 4. The Kier molecular flexibility index (Phi) is 4.45. The maximum atomic E-state index is 11.8. The zero-order valence-electron chi connectivity index (χ0n) is 11.3. The summed E-state index contributed by atoms with van der Waals surface area (Å²) < 4.78 is 0. The Hall–Kier alpha value is -2.96. The van der Waals surface area contributed by atoms with E-state index in [0.29, 0.717) is 11.4 Å². The topological polar surface area (TPSA) is 104 Å². The van der Waals surface area contributed by atoms with E-state index in [2.05, 4.69) is 20.6 Å². The molecule has 0 aliphatic carbocycles. The standard InChI is InChI=1S/C14H14N4O3/c1-9(19)18-12-3-2-10(7-16-12)8-17-14(21)11-4-5-15-13(20)6-11/h2-7H,8H2,1H3,(H,15,20)(H,17,21)(H,16,18,19). The van der Waals surface area contributed by atoms with Gasteiger partial charge in [-0.2, -0.15) is 0 Å². The van der Waals surface area contributed by atoms with Gasteiger partial charge in [0.2, 0.25) is 11.5 Å². The van der Waals surface area contributed by atoms with Gasteiger partial charge in [-0.25, -0.2) is 4.98 Å². The smallest absolute Gasteiger partial charge is 0.251 e. The Labute approximate surface area is 120 Å². The predicted octanol–water partition coefficient (Wildman–Crippen LogP) is 0.658. The number of carbonyl (C=O) groups is 2. The summed E-state index contributed by atoms with van der Waals surface area (Å²) in [6.45, 7) is 1.68. The molecule has 3 N–H and O–H groups in total. The largest absolute Gasteiger partial charge is 0.348 e. The number of carbonyl (C=O) groups excluding carboxylic acids is 2. The molecule has 2 rings (SSSR count). The first kappa shape index (κ1) is 14.4. The van der Waals surface area contributed by atoms with Crippen molar-refractivity contribution in [3.05, 3.63) is 58.1 Å². The van der Waals surface area contributed by atoms with Gasteiger partial charge in [0.25, 0.3) is 5.91 Å². The van der Waals surface area contributed by atoms with Gasteiger partial charge in [0.1, 0.15) is 5.82 Å². The number of amides is 2. The zero-order chi connectivity index (χ0) is 15.2. The minimum Gasteiger partial charge on any atom is -0.348 e. The van der Waals surface area contributed by atoms with Crippen molar-refractivity contribution in [2.45, 2.75) is 13.5 Å². The van der Waals surface area contributed by atoms with Gasteiger partial charge in [0.05, 0.1) is 0 Å². The number of aromatic amines is 1. The molecule has 0 aromatic carbocycles. The average Bonchev–Trinajstić information content (AvgIpc) is 2.45. The first-order valence-corrected chi connectivity index (χ1v) is 6.24. The summed E-state index contributed by atoms with van der Waals surface area (Å²) in [4.78, 5) is 40.3. The van der Waals surface area contributed by atoms with Gasteiger partial charge < -0.3 is 15.6 Å². The van der Waals surface area contributed by atoms with E-state index in [1.54, 1.807) is 18.3 Å². The number of anilines is 1. The van der Waals surface area contributed by atoms with E-state index < -0.39 is 0 Å². The van der Waals surface area contributed by atoms with Gasteiger partial charge in [-0.1, -0.05) is 6.07 Å². The van der Waals surface area contributed by atoms with Gasteiger partial charge in [-0.15, -0.1) is 0 Å². The lowest BCUT2D eigenvalue weighted by molar-refractivity contribution is -0.114. The SMILES string of the molecule is CC(=O)Nc1ccc(CNC(=O)c2cc[nH]c(=O)c2)cn1. The highest BCUT2D eigenvalue weighted by molar-refractivity contribution is 5.93. The van der Waals surface area contributed by atoms with Crippen LogP contribution >= 0.6 is 0 Å². The van der Waals surface area contributed by atoms with E-state index >= 15 is 0 Å². The molecular formula is C14H14N4O3. The average molecular weight is 286 g/mol. The van der Waals surface area contributed by atoms with Crippen LogP contribution < -0.4 is 16.2 Å². The van der Waals surface area contributed by atoms with Crippen molar-refractivity contribution in [2.24, 2.45) is 0 Å². The number of H-pyrrole nitrogens is 1. The van der Waals surface area contributed by atoms with E-state index in [4.69, 9.17) is 0 Å². The minimum absolute atomic E-state index is 0.196. The lowest BCUT2D eigenvalue weighted by atomic mass is 10.2. The Bertz CT molecular complexity index is 707. The molecule has 2 heterocycles. The molecule has 0 atom stereocenters. The lowest BCUT2D eigenvalue weighted by Crippen LogP contribution is -2.24. The van der Waals surface area contributed by atoms with Crippen LogP contribution in [-0.4, -0.2) is 21.8 Å². The Balaban J connectivity index is 1.95. The lowest BCUT2D eigenvalue weighted by Gasteiger charge is -2.06. The van der Waals surface area contributed by atoms with Gasteiger partial charge in [-0.05, 0) is 17.7 Å². The number of pyridine rings is 2. The van der Waals surface area contributed by atoms with E-state index in [9.17, 15) is 14.4 Å². The normalized spacial score (nSPS) is 9.95. The van der Waals surface area contributed by atoms with Crippen LogP contribution in [0.2, 0.25) is 0 Å². The van der Waals surface area contributed by atoms with Crippen molar-refractivity contribution < 1.29 is 9.59 Å². The zero-order valence-corrected chi connectivity index (χ0v) is 11.3. The molecule has 7 heteroatoms. The summed E-state index contributed by atoms with van der Waals surface area (Å²) >= 11 is 0. The summed E-state index contributed by atoms with van der Waals surface area (Å²) in [5.74, 6) is -0.0861. The van der Waals surface area contributed by atoms with Crippen molar-refractivity contribution in [1.29, 1.82) is 0 Å². The molecule has 108 valence electrons. The predicted molar refractivity (Wildman–Crippen MR) is 76.8 cm³/mol. The molecule has 0 unspecified atom stereocenters. The third kappa shape index (κ3) is 4.27. The van der Waals surface area contributed by atoms with Crippen LogP contribution in [0.1, 0.15) is 22.8 Å². The Morgan fingerprint density at radius 1 is 1.29 bits per heavy atom. The number of hydrogen-bond acceptors (Lipinski definition) is 4. The molecule has 0 radical (unpaired) electrons. The van der Waals surface area contributed by atoms with Crippen LogP contribution in [-0.2, 0) is 11.3 Å². The second kappa shape index (κ2) is 6.47. The van der Waals surface area contributed by atoms with Crippen LogP contribution in [0.15, 0.2) is 41.5 Å². The fourth-order valence-corrected chi connectivity index (χ4v) is 1.65. The molecule has 0 aliphatic rings. The molecule has 0 fully saturated rings. The van der Waals surface area contributed by atoms with Crippen molar-refractivity contribution in [3.8, 4) is 0 Å². The highest BCUT2D eigenvalue weighted by atomic mass is 16.2. The number of nitrogens with one attached hydrogen (secondary N) is 3. The van der Waals surface area contributed by atoms with Crippen LogP contribution in [0, 0.1) is 0 Å². The van der Waals surface area contributed by atoms with Gasteiger partial charge >= 0.3 is 0 Å². The highest BCUT2D eigenvalue weighted by Crippen LogP contribution is 2.05.